The Balaban J connectivity index is 2.98. The maximum atomic E-state index is 12.9. The Kier molecular flexibility index (Phi) is 8.69. The normalized spacial score (nSPS) is 15.3. The minimum atomic E-state index is -2.24. The molecule has 0 aromatic heterocycles. The number of ketones is 1. The van der Waals surface area contributed by atoms with Crippen molar-refractivity contribution in [1.82, 2.24) is 0 Å². The van der Waals surface area contributed by atoms with Gasteiger partial charge in [0.2, 0.25) is 0 Å². The summed E-state index contributed by atoms with van der Waals surface area (Å²) in [5, 5.41) is 3.49. The SMILES string of the molecule is COc1ccc(CO[C@H](C)[C@@H](O[Si](C)(C)C(C)(C)C)C(=O)[C@H](C)N=[N+]=[N-])cc1. The molecule has 0 radical (unpaired) electrons. The number of benzene rings is 1. The zero-order chi connectivity index (χ0) is 21.5. The molecule has 0 saturated carbocycles. The summed E-state index contributed by atoms with van der Waals surface area (Å²) in [6, 6.07) is 6.75. The molecular formula is C20H33N3O4Si. The van der Waals surface area contributed by atoms with Crippen LogP contribution < -0.4 is 4.74 Å². The molecule has 0 spiro atoms. The summed E-state index contributed by atoms with van der Waals surface area (Å²) in [4.78, 5) is 15.7. The Hall–Kier alpha value is -1.86. The number of azide groups is 1. The molecule has 3 atom stereocenters. The first-order valence-corrected chi connectivity index (χ1v) is 12.3. The molecule has 1 rings (SSSR count). The van der Waals surface area contributed by atoms with Crippen LogP contribution in [0.25, 0.3) is 10.4 Å². The van der Waals surface area contributed by atoms with Crippen LogP contribution in [-0.2, 0) is 20.6 Å². The van der Waals surface area contributed by atoms with Crippen LogP contribution in [0.4, 0.5) is 0 Å². The van der Waals surface area contributed by atoms with Gasteiger partial charge >= 0.3 is 0 Å². The van der Waals surface area contributed by atoms with Gasteiger partial charge in [-0.2, -0.15) is 0 Å². The van der Waals surface area contributed by atoms with E-state index in [1.54, 1.807) is 14.0 Å². The second-order valence-electron chi connectivity index (χ2n) is 8.45. The van der Waals surface area contributed by atoms with Gasteiger partial charge in [0.25, 0.3) is 0 Å². The van der Waals surface area contributed by atoms with Gasteiger partial charge in [0.15, 0.2) is 14.1 Å². The quantitative estimate of drug-likeness (QED) is 0.229. The summed E-state index contributed by atoms with van der Waals surface area (Å²) in [6.45, 7) is 14.2. The number of hydrogen-bond acceptors (Lipinski definition) is 5. The van der Waals surface area contributed by atoms with Crippen LogP contribution in [0.2, 0.25) is 18.1 Å². The highest BCUT2D eigenvalue weighted by molar-refractivity contribution is 6.74. The van der Waals surface area contributed by atoms with Crippen LogP contribution in [0.3, 0.4) is 0 Å². The molecule has 0 aliphatic heterocycles. The van der Waals surface area contributed by atoms with Gasteiger partial charge in [-0.3, -0.25) is 4.79 Å². The van der Waals surface area contributed by atoms with Gasteiger partial charge in [0.1, 0.15) is 11.9 Å². The molecule has 1 aromatic carbocycles. The van der Waals surface area contributed by atoms with E-state index in [2.05, 4.69) is 43.9 Å². The molecule has 0 aliphatic carbocycles. The molecule has 0 amide bonds. The lowest BCUT2D eigenvalue weighted by atomic mass is 10.1. The number of rotatable bonds is 10. The molecule has 156 valence electrons. The van der Waals surface area contributed by atoms with Crippen LogP contribution in [-0.4, -0.2) is 39.5 Å². The van der Waals surface area contributed by atoms with Crippen molar-refractivity contribution in [1.29, 1.82) is 0 Å². The third-order valence-corrected chi connectivity index (χ3v) is 9.70. The maximum absolute atomic E-state index is 12.9. The first-order valence-electron chi connectivity index (χ1n) is 9.43. The smallest absolute Gasteiger partial charge is 0.193 e. The van der Waals surface area contributed by atoms with E-state index in [1.807, 2.05) is 31.2 Å². The van der Waals surface area contributed by atoms with Gasteiger partial charge in [0.05, 0.1) is 25.9 Å². The predicted molar refractivity (Wildman–Crippen MR) is 113 cm³/mol. The number of ether oxygens (including phenoxy) is 2. The lowest BCUT2D eigenvalue weighted by Gasteiger charge is -2.40. The van der Waals surface area contributed by atoms with Crippen molar-refractivity contribution >= 4 is 14.1 Å². The van der Waals surface area contributed by atoms with Crippen LogP contribution in [0.5, 0.6) is 5.75 Å². The monoisotopic (exact) mass is 407 g/mol. The second-order valence-corrected chi connectivity index (χ2v) is 13.2. The van der Waals surface area contributed by atoms with Crippen LogP contribution in [0, 0.1) is 0 Å². The van der Waals surface area contributed by atoms with Crippen LogP contribution in [0.15, 0.2) is 29.4 Å². The number of nitrogens with zero attached hydrogens (tertiary/aromatic N) is 3. The largest absolute Gasteiger partial charge is 0.497 e. The molecule has 0 heterocycles. The molecule has 0 saturated heterocycles. The molecule has 1 aromatic rings. The number of hydrogen-bond donors (Lipinski definition) is 0. The van der Waals surface area contributed by atoms with Gasteiger partial charge in [-0.15, -0.1) is 0 Å². The summed E-state index contributed by atoms with van der Waals surface area (Å²) < 4.78 is 17.5. The topological polar surface area (TPSA) is 93.5 Å². The molecular weight excluding hydrogens is 374 g/mol. The van der Waals surface area contributed by atoms with Crippen molar-refractivity contribution in [2.75, 3.05) is 7.11 Å². The van der Waals surface area contributed by atoms with Crippen LogP contribution >= 0.6 is 0 Å². The van der Waals surface area contributed by atoms with E-state index in [0.29, 0.717) is 6.61 Å². The summed E-state index contributed by atoms with van der Waals surface area (Å²) >= 11 is 0. The van der Waals surface area contributed by atoms with E-state index in [0.717, 1.165) is 11.3 Å². The van der Waals surface area contributed by atoms with E-state index in [1.165, 1.54) is 0 Å². The van der Waals surface area contributed by atoms with Crippen molar-refractivity contribution in [2.45, 2.75) is 77.6 Å². The van der Waals surface area contributed by atoms with Gasteiger partial charge in [-0.1, -0.05) is 38.0 Å². The highest BCUT2D eigenvalue weighted by Crippen LogP contribution is 2.38. The fraction of sp³-hybridized carbons (Fsp3) is 0.650. The Morgan fingerprint density at radius 3 is 2.25 bits per heavy atom. The number of carbonyl (C=O) groups is 1. The standard InChI is InChI=1S/C20H33N3O4Si/c1-14(22-23-21)18(24)19(27-28(7,8)20(3,4)5)15(2)26-13-16-9-11-17(25-6)12-10-16/h9-12,14-15,19H,13H2,1-8H3/t14-,15+,19+/m0/s1. The van der Waals surface area contributed by atoms with Gasteiger partial charge < -0.3 is 13.9 Å². The summed E-state index contributed by atoms with van der Waals surface area (Å²) in [6.07, 6.45) is -1.28. The van der Waals surface area contributed by atoms with Gasteiger partial charge in [-0.25, -0.2) is 0 Å². The zero-order valence-electron chi connectivity index (χ0n) is 18.2. The predicted octanol–water partition coefficient (Wildman–Crippen LogP) is 5.26. The molecule has 0 N–H and O–H groups in total. The van der Waals surface area contributed by atoms with Gasteiger partial charge in [-0.05, 0) is 55.2 Å². The molecule has 0 fully saturated rings. The fourth-order valence-corrected chi connectivity index (χ4v) is 3.58. The van der Waals surface area contributed by atoms with Crippen molar-refractivity contribution in [3.05, 3.63) is 40.3 Å². The first-order chi connectivity index (χ1) is 12.9. The Labute approximate surface area is 169 Å². The van der Waals surface area contributed by atoms with E-state index >= 15 is 0 Å². The van der Waals surface area contributed by atoms with Gasteiger partial charge in [0, 0.05) is 4.91 Å². The third-order valence-electron chi connectivity index (χ3n) is 5.24. The highest BCUT2D eigenvalue weighted by Gasteiger charge is 2.43. The number of carbonyl (C=O) groups excluding carboxylic acids is 1. The molecule has 7 nitrogen and oxygen atoms in total. The summed E-state index contributed by atoms with van der Waals surface area (Å²) in [5.41, 5.74) is 9.66. The van der Waals surface area contributed by atoms with Crippen molar-refractivity contribution in [3.63, 3.8) is 0 Å². The molecule has 0 bridgehead atoms. The van der Waals surface area contributed by atoms with E-state index < -0.39 is 26.6 Å². The third kappa shape index (κ3) is 6.63. The average molecular weight is 408 g/mol. The lowest BCUT2D eigenvalue weighted by Crippen LogP contribution is -2.51. The average Bonchev–Trinajstić information content (AvgIpc) is 2.63. The minimum Gasteiger partial charge on any atom is -0.497 e. The summed E-state index contributed by atoms with van der Waals surface area (Å²) in [5.74, 6) is 0.513. The minimum absolute atomic E-state index is 0.0665. The molecule has 0 aliphatic rings. The lowest BCUT2D eigenvalue weighted by molar-refractivity contribution is -0.135. The Bertz CT molecular complexity index is 694. The van der Waals surface area contributed by atoms with Crippen molar-refractivity contribution in [2.24, 2.45) is 5.11 Å². The number of methoxy groups -OCH3 is 1. The van der Waals surface area contributed by atoms with Crippen LogP contribution in [0.1, 0.15) is 40.2 Å². The molecule has 0 unspecified atom stereocenters. The Morgan fingerprint density at radius 1 is 1.21 bits per heavy atom. The van der Waals surface area contributed by atoms with Crippen molar-refractivity contribution in [3.8, 4) is 5.75 Å². The first kappa shape index (κ1) is 24.2. The maximum Gasteiger partial charge on any atom is 0.193 e. The fourth-order valence-electron chi connectivity index (χ4n) is 2.29. The zero-order valence-corrected chi connectivity index (χ0v) is 19.2. The molecule has 28 heavy (non-hydrogen) atoms. The summed E-state index contributed by atoms with van der Waals surface area (Å²) in [7, 11) is -0.617. The van der Waals surface area contributed by atoms with E-state index in [4.69, 9.17) is 19.4 Å². The van der Waals surface area contributed by atoms with E-state index in [-0.39, 0.29) is 10.8 Å². The molecule has 8 heteroatoms. The second kappa shape index (κ2) is 10.1. The Morgan fingerprint density at radius 2 is 1.79 bits per heavy atom. The highest BCUT2D eigenvalue weighted by atomic mass is 28.4. The number of Topliss-reactive ketones (excluding diaryl/α,β-unsaturated/α-hetero) is 1. The van der Waals surface area contributed by atoms with E-state index in [9.17, 15) is 4.79 Å². The van der Waals surface area contributed by atoms with Crippen molar-refractivity contribution < 1.29 is 18.7 Å².